The fourth-order valence-corrected chi connectivity index (χ4v) is 6.26. The Bertz CT molecular complexity index is 1960. The van der Waals surface area contributed by atoms with E-state index in [4.69, 9.17) is 4.98 Å². The van der Waals surface area contributed by atoms with E-state index in [0.717, 1.165) is 43.0 Å². The second kappa shape index (κ2) is 10.3. The molecule has 0 amide bonds. The van der Waals surface area contributed by atoms with Crippen LogP contribution in [-0.4, -0.2) is 10.1 Å². The van der Waals surface area contributed by atoms with Crippen molar-refractivity contribution >= 4 is 21.6 Å². The molecule has 0 saturated carbocycles. The van der Waals surface area contributed by atoms with E-state index in [-0.39, 0.29) is 5.75 Å². The summed E-state index contributed by atoms with van der Waals surface area (Å²) in [7, 11) is 0. The number of aromatic nitrogens is 1. The Morgan fingerprint density at radius 3 is 1.60 bits per heavy atom. The van der Waals surface area contributed by atoms with Gasteiger partial charge in [-0.25, -0.2) is 4.98 Å². The van der Waals surface area contributed by atoms with Gasteiger partial charge < -0.3 is 5.11 Å². The highest BCUT2D eigenvalue weighted by atomic mass is 32.1. The molecule has 2 nitrogen and oxygen atoms in total. The van der Waals surface area contributed by atoms with E-state index in [1.54, 1.807) is 17.4 Å². The Morgan fingerprint density at radius 2 is 0.950 bits per heavy atom. The van der Waals surface area contributed by atoms with Gasteiger partial charge in [-0.2, -0.15) is 0 Å². The van der Waals surface area contributed by atoms with Crippen LogP contribution in [0.15, 0.2) is 146 Å². The van der Waals surface area contributed by atoms with Crippen molar-refractivity contribution in [3.63, 3.8) is 0 Å². The molecule has 1 N–H and O–H groups in total. The van der Waals surface area contributed by atoms with E-state index in [9.17, 15) is 5.11 Å². The Morgan fingerprint density at radius 1 is 0.425 bits per heavy atom. The number of fused-ring (bicyclic) bond motifs is 1. The minimum atomic E-state index is 0.241. The Labute approximate surface area is 237 Å². The molecule has 40 heavy (non-hydrogen) atoms. The highest BCUT2D eigenvalue weighted by Crippen LogP contribution is 2.42. The monoisotopic (exact) mass is 531 g/mol. The van der Waals surface area contributed by atoms with Gasteiger partial charge in [-0.1, -0.05) is 109 Å². The van der Waals surface area contributed by atoms with Crippen LogP contribution in [0, 0.1) is 0 Å². The fourth-order valence-electron chi connectivity index (χ4n) is 5.19. The van der Waals surface area contributed by atoms with Crippen LogP contribution in [0.4, 0.5) is 0 Å². The average Bonchev–Trinajstić information content (AvgIpc) is 3.46. The number of phenols is 1. The van der Waals surface area contributed by atoms with Crippen molar-refractivity contribution in [2.75, 3.05) is 0 Å². The predicted molar refractivity (Wildman–Crippen MR) is 168 cm³/mol. The van der Waals surface area contributed by atoms with Crippen LogP contribution in [0.3, 0.4) is 0 Å². The first kappa shape index (κ1) is 24.1. The minimum Gasteiger partial charge on any atom is -0.507 e. The largest absolute Gasteiger partial charge is 0.507 e. The zero-order valence-electron chi connectivity index (χ0n) is 21.7. The van der Waals surface area contributed by atoms with Crippen molar-refractivity contribution in [1.82, 2.24) is 4.98 Å². The maximum absolute atomic E-state index is 10.6. The lowest BCUT2D eigenvalue weighted by atomic mass is 9.94. The number of thiazole rings is 1. The summed E-state index contributed by atoms with van der Waals surface area (Å²) in [5.41, 5.74) is 10.9. The van der Waals surface area contributed by atoms with Gasteiger partial charge >= 0.3 is 0 Å². The molecular formula is C37H25NOS. The number of hydrogen-bond acceptors (Lipinski definition) is 3. The summed E-state index contributed by atoms with van der Waals surface area (Å²) in [5.74, 6) is 0.241. The Balaban J connectivity index is 1.43. The van der Waals surface area contributed by atoms with E-state index in [1.165, 1.54) is 22.3 Å². The van der Waals surface area contributed by atoms with Gasteiger partial charge in [0.05, 0.1) is 15.8 Å². The lowest BCUT2D eigenvalue weighted by Gasteiger charge is -2.11. The molecule has 7 rings (SSSR count). The Kier molecular flexibility index (Phi) is 6.19. The third kappa shape index (κ3) is 4.57. The number of aromatic hydroxyl groups is 1. The van der Waals surface area contributed by atoms with Crippen LogP contribution in [-0.2, 0) is 0 Å². The molecule has 0 aliphatic carbocycles. The molecule has 0 aliphatic rings. The number of para-hydroxylation sites is 1. The summed E-state index contributed by atoms with van der Waals surface area (Å²) in [6.45, 7) is 0. The van der Waals surface area contributed by atoms with Gasteiger partial charge in [-0.05, 0) is 75.3 Å². The highest BCUT2D eigenvalue weighted by molar-refractivity contribution is 7.21. The highest BCUT2D eigenvalue weighted by Gasteiger charge is 2.16. The first-order valence-electron chi connectivity index (χ1n) is 13.3. The third-order valence-corrected chi connectivity index (χ3v) is 8.25. The Hall–Kier alpha value is -4.99. The zero-order valence-corrected chi connectivity index (χ0v) is 22.5. The summed E-state index contributed by atoms with van der Waals surface area (Å²) in [5, 5.41) is 11.4. The third-order valence-electron chi connectivity index (χ3n) is 7.21. The van der Waals surface area contributed by atoms with Gasteiger partial charge in [0.15, 0.2) is 0 Å². The molecule has 0 radical (unpaired) electrons. The second-order valence-electron chi connectivity index (χ2n) is 9.80. The summed E-state index contributed by atoms with van der Waals surface area (Å²) < 4.78 is 1.08. The maximum Gasteiger partial charge on any atom is 0.128 e. The average molecular weight is 532 g/mol. The molecule has 0 unspecified atom stereocenters. The molecule has 1 heterocycles. The van der Waals surface area contributed by atoms with Crippen LogP contribution >= 0.6 is 11.3 Å². The zero-order chi connectivity index (χ0) is 26.9. The standard InChI is InChI=1S/C37H25NOS/c39-34-20-8-7-19-32(34)37-38-36-33(30-18-10-16-28(22-30)26-13-5-2-6-14-26)23-31(24-35(36)40-37)29-17-9-15-27(21-29)25-11-3-1-4-12-25/h1-24,39H. The molecular weight excluding hydrogens is 506 g/mol. The van der Waals surface area contributed by atoms with E-state index < -0.39 is 0 Å². The quantitative estimate of drug-likeness (QED) is 0.240. The summed E-state index contributed by atoms with van der Waals surface area (Å²) in [6, 6.07) is 50.2. The lowest BCUT2D eigenvalue weighted by molar-refractivity contribution is 0.477. The molecule has 0 saturated heterocycles. The molecule has 190 valence electrons. The topological polar surface area (TPSA) is 33.1 Å². The van der Waals surface area contributed by atoms with E-state index in [1.807, 2.05) is 30.3 Å². The van der Waals surface area contributed by atoms with E-state index >= 15 is 0 Å². The minimum absolute atomic E-state index is 0.241. The molecule has 1 aromatic heterocycles. The summed E-state index contributed by atoms with van der Waals surface area (Å²) >= 11 is 1.61. The predicted octanol–water partition coefficient (Wildman–Crippen LogP) is 10.3. The van der Waals surface area contributed by atoms with Crippen molar-refractivity contribution in [1.29, 1.82) is 0 Å². The van der Waals surface area contributed by atoms with Crippen molar-refractivity contribution < 1.29 is 5.11 Å². The first-order valence-corrected chi connectivity index (χ1v) is 14.1. The number of rotatable bonds is 5. The molecule has 0 fully saturated rings. The summed E-state index contributed by atoms with van der Waals surface area (Å²) in [4.78, 5) is 5.08. The molecule has 3 heteroatoms. The van der Waals surface area contributed by atoms with Crippen LogP contribution < -0.4 is 0 Å². The van der Waals surface area contributed by atoms with Crippen molar-refractivity contribution in [3.05, 3.63) is 146 Å². The van der Waals surface area contributed by atoms with Gasteiger partial charge in [0.25, 0.3) is 0 Å². The lowest BCUT2D eigenvalue weighted by Crippen LogP contribution is -1.87. The molecule has 0 spiro atoms. The number of hydrogen-bond donors (Lipinski definition) is 1. The smallest absolute Gasteiger partial charge is 0.128 e. The molecule has 0 bridgehead atoms. The first-order chi connectivity index (χ1) is 19.7. The number of benzene rings is 6. The van der Waals surface area contributed by atoms with Crippen LogP contribution in [0.25, 0.3) is 65.3 Å². The van der Waals surface area contributed by atoms with Gasteiger partial charge in [0.1, 0.15) is 10.8 Å². The molecule has 7 aromatic rings. The fraction of sp³-hybridized carbons (Fsp3) is 0. The van der Waals surface area contributed by atoms with Gasteiger partial charge in [-0.3, -0.25) is 0 Å². The van der Waals surface area contributed by atoms with Crippen molar-refractivity contribution in [2.45, 2.75) is 0 Å². The number of phenolic OH excluding ortho intramolecular Hbond substituents is 1. The van der Waals surface area contributed by atoms with E-state index in [0.29, 0.717) is 0 Å². The van der Waals surface area contributed by atoms with Gasteiger partial charge in [0.2, 0.25) is 0 Å². The van der Waals surface area contributed by atoms with Gasteiger partial charge in [0, 0.05) is 5.56 Å². The normalized spacial score (nSPS) is 11.1. The maximum atomic E-state index is 10.6. The van der Waals surface area contributed by atoms with Crippen LogP contribution in [0.2, 0.25) is 0 Å². The van der Waals surface area contributed by atoms with Crippen LogP contribution in [0.1, 0.15) is 0 Å². The van der Waals surface area contributed by atoms with E-state index in [2.05, 4.69) is 109 Å². The molecule has 6 aromatic carbocycles. The number of nitrogens with zero attached hydrogens (tertiary/aromatic N) is 1. The summed E-state index contributed by atoms with van der Waals surface area (Å²) in [6.07, 6.45) is 0. The van der Waals surface area contributed by atoms with Crippen molar-refractivity contribution in [3.8, 4) is 60.8 Å². The van der Waals surface area contributed by atoms with Gasteiger partial charge in [-0.15, -0.1) is 11.3 Å². The van der Waals surface area contributed by atoms with Crippen LogP contribution in [0.5, 0.6) is 5.75 Å². The van der Waals surface area contributed by atoms with Crippen molar-refractivity contribution in [2.24, 2.45) is 0 Å². The second-order valence-corrected chi connectivity index (χ2v) is 10.8. The molecule has 0 atom stereocenters. The molecule has 0 aliphatic heterocycles. The SMILES string of the molecule is Oc1ccccc1-c1nc2c(-c3cccc(-c4ccccc4)c3)cc(-c3cccc(-c4ccccc4)c3)cc2s1.